The number of aryl methyl sites for hydroxylation is 2. The summed E-state index contributed by atoms with van der Waals surface area (Å²) in [5.74, 6) is 2.80. The molecule has 6 nitrogen and oxygen atoms in total. The second-order valence-corrected chi connectivity index (χ2v) is 7.58. The van der Waals surface area contributed by atoms with Gasteiger partial charge in [-0.2, -0.15) is 5.10 Å². The van der Waals surface area contributed by atoms with E-state index in [1.165, 1.54) is 11.4 Å². The number of hydrogen-bond acceptors (Lipinski definition) is 5. The second-order valence-electron chi connectivity index (χ2n) is 7.58. The van der Waals surface area contributed by atoms with Gasteiger partial charge in [-0.1, -0.05) is 13.8 Å². The Hall–Kier alpha value is -1.79. The molecule has 3 heterocycles. The van der Waals surface area contributed by atoms with Crippen LogP contribution < -0.4 is 4.90 Å². The van der Waals surface area contributed by atoms with Gasteiger partial charge in [-0.25, -0.2) is 0 Å². The summed E-state index contributed by atoms with van der Waals surface area (Å²) >= 11 is 0. The molecule has 0 bridgehead atoms. The van der Waals surface area contributed by atoms with Crippen LogP contribution in [-0.2, 0) is 24.9 Å². The normalized spacial score (nSPS) is 16.7. The Morgan fingerprint density at radius 2 is 1.92 bits per heavy atom. The van der Waals surface area contributed by atoms with Crippen LogP contribution in [0.2, 0.25) is 0 Å². The first-order valence-corrected chi connectivity index (χ1v) is 9.59. The van der Waals surface area contributed by atoms with Gasteiger partial charge in [0, 0.05) is 38.3 Å². The Labute approximate surface area is 156 Å². The zero-order valence-corrected chi connectivity index (χ0v) is 16.7. The molecule has 0 spiro atoms. The van der Waals surface area contributed by atoms with Gasteiger partial charge in [0.1, 0.15) is 11.6 Å². The van der Waals surface area contributed by atoms with E-state index in [1.54, 1.807) is 6.26 Å². The van der Waals surface area contributed by atoms with Crippen LogP contribution in [0.4, 0.5) is 5.82 Å². The summed E-state index contributed by atoms with van der Waals surface area (Å²) in [5.41, 5.74) is 2.42. The van der Waals surface area contributed by atoms with Crippen LogP contribution >= 0.6 is 0 Å². The first-order valence-electron chi connectivity index (χ1n) is 9.59. The third-order valence-corrected chi connectivity index (χ3v) is 5.46. The monoisotopic (exact) mass is 360 g/mol. The molecule has 1 aliphatic heterocycles. The molecule has 0 aliphatic carbocycles. The Kier molecular flexibility index (Phi) is 6.04. The summed E-state index contributed by atoms with van der Waals surface area (Å²) in [6.07, 6.45) is 1.75. The van der Waals surface area contributed by atoms with E-state index in [4.69, 9.17) is 14.3 Å². The highest BCUT2D eigenvalue weighted by Crippen LogP contribution is 2.28. The van der Waals surface area contributed by atoms with Gasteiger partial charge in [0.05, 0.1) is 31.7 Å². The van der Waals surface area contributed by atoms with Gasteiger partial charge < -0.3 is 14.1 Å². The minimum absolute atomic E-state index is 0.442. The van der Waals surface area contributed by atoms with Crippen molar-refractivity contribution in [3.05, 3.63) is 35.4 Å². The topological polar surface area (TPSA) is 46.7 Å². The van der Waals surface area contributed by atoms with Crippen LogP contribution in [0.5, 0.6) is 0 Å². The van der Waals surface area contributed by atoms with Crippen LogP contribution in [-0.4, -0.2) is 47.0 Å². The highest BCUT2D eigenvalue weighted by molar-refractivity contribution is 5.50. The predicted octanol–water partition coefficient (Wildman–Crippen LogP) is 3.20. The summed E-state index contributed by atoms with van der Waals surface area (Å²) in [6.45, 7) is 14.0. The van der Waals surface area contributed by atoms with Crippen molar-refractivity contribution in [2.24, 2.45) is 13.0 Å². The van der Waals surface area contributed by atoms with Crippen molar-refractivity contribution in [3.63, 3.8) is 0 Å². The van der Waals surface area contributed by atoms with E-state index in [2.05, 4.69) is 43.6 Å². The maximum atomic E-state index is 5.62. The van der Waals surface area contributed by atoms with E-state index in [0.29, 0.717) is 12.0 Å². The molecule has 3 rings (SSSR count). The van der Waals surface area contributed by atoms with Gasteiger partial charge in [-0.05, 0) is 31.9 Å². The van der Waals surface area contributed by atoms with Crippen molar-refractivity contribution in [1.29, 1.82) is 0 Å². The Bertz CT molecular complexity index is 687. The molecule has 1 atom stereocenters. The lowest BCUT2D eigenvalue weighted by Gasteiger charge is -2.33. The van der Waals surface area contributed by atoms with Crippen molar-refractivity contribution < 1.29 is 9.15 Å². The fraction of sp³-hybridized carbons (Fsp3) is 0.650. The van der Waals surface area contributed by atoms with Gasteiger partial charge in [-0.15, -0.1) is 0 Å². The first-order chi connectivity index (χ1) is 12.5. The number of ether oxygens (including phenoxy) is 1. The van der Waals surface area contributed by atoms with E-state index >= 15 is 0 Å². The molecular formula is C20H32N4O2. The molecule has 2 aromatic rings. The summed E-state index contributed by atoms with van der Waals surface area (Å²) in [4.78, 5) is 4.90. The fourth-order valence-electron chi connectivity index (χ4n) is 3.62. The molecule has 0 N–H and O–H groups in total. The van der Waals surface area contributed by atoms with Gasteiger partial charge in [-0.3, -0.25) is 9.58 Å². The number of morpholine rings is 1. The molecule has 0 saturated carbocycles. The van der Waals surface area contributed by atoms with Crippen LogP contribution in [0, 0.1) is 12.8 Å². The van der Waals surface area contributed by atoms with Crippen LogP contribution in [0.15, 0.2) is 22.8 Å². The van der Waals surface area contributed by atoms with Crippen molar-refractivity contribution in [2.45, 2.75) is 46.8 Å². The van der Waals surface area contributed by atoms with E-state index in [0.717, 1.165) is 50.8 Å². The number of furan rings is 1. The third-order valence-electron chi connectivity index (χ3n) is 5.46. The average molecular weight is 361 g/mol. The number of hydrogen-bond donors (Lipinski definition) is 0. The lowest BCUT2D eigenvalue weighted by atomic mass is 10.0. The number of aromatic nitrogens is 2. The van der Waals surface area contributed by atoms with Crippen molar-refractivity contribution >= 4 is 5.82 Å². The Balaban J connectivity index is 1.88. The molecule has 26 heavy (non-hydrogen) atoms. The number of anilines is 1. The minimum Gasteiger partial charge on any atom is -0.468 e. The van der Waals surface area contributed by atoms with Gasteiger partial charge >= 0.3 is 0 Å². The third kappa shape index (κ3) is 4.13. The average Bonchev–Trinajstić information content (AvgIpc) is 3.22. The lowest BCUT2D eigenvalue weighted by Crippen LogP contribution is -2.39. The van der Waals surface area contributed by atoms with E-state index < -0.39 is 0 Å². The Morgan fingerprint density at radius 1 is 1.19 bits per heavy atom. The predicted molar refractivity (Wildman–Crippen MR) is 103 cm³/mol. The van der Waals surface area contributed by atoms with E-state index in [-0.39, 0.29) is 0 Å². The quantitative estimate of drug-likeness (QED) is 0.759. The number of nitrogens with zero attached hydrogens (tertiary/aromatic N) is 4. The fourth-order valence-corrected chi connectivity index (χ4v) is 3.62. The van der Waals surface area contributed by atoms with Crippen LogP contribution in [0.1, 0.15) is 37.8 Å². The van der Waals surface area contributed by atoms with E-state index in [1.807, 2.05) is 17.8 Å². The van der Waals surface area contributed by atoms with Crippen molar-refractivity contribution in [1.82, 2.24) is 14.7 Å². The summed E-state index contributed by atoms with van der Waals surface area (Å²) in [5, 5.41) is 4.72. The SMILES string of the molecule is Cc1nn(C)c(N2CCOCC2)c1CN(Cc1ccco1)[C@H](C)C(C)C. The molecule has 1 aliphatic rings. The zero-order valence-electron chi connectivity index (χ0n) is 16.7. The van der Waals surface area contributed by atoms with Crippen molar-refractivity contribution in [2.75, 3.05) is 31.2 Å². The van der Waals surface area contributed by atoms with Gasteiger partial charge in [0.2, 0.25) is 0 Å². The van der Waals surface area contributed by atoms with Crippen LogP contribution in [0.3, 0.4) is 0 Å². The molecule has 0 aromatic carbocycles. The molecule has 1 saturated heterocycles. The highest BCUT2D eigenvalue weighted by Gasteiger charge is 2.26. The smallest absolute Gasteiger partial charge is 0.131 e. The highest BCUT2D eigenvalue weighted by atomic mass is 16.5. The largest absolute Gasteiger partial charge is 0.468 e. The van der Waals surface area contributed by atoms with E-state index in [9.17, 15) is 0 Å². The van der Waals surface area contributed by atoms with Gasteiger partial charge in [0.25, 0.3) is 0 Å². The molecule has 144 valence electrons. The zero-order chi connectivity index (χ0) is 18.7. The lowest BCUT2D eigenvalue weighted by molar-refractivity contribution is 0.121. The summed E-state index contributed by atoms with van der Waals surface area (Å²) in [7, 11) is 2.05. The molecule has 6 heteroatoms. The second kappa shape index (κ2) is 8.27. The maximum absolute atomic E-state index is 5.62. The molecule has 0 unspecified atom stereocenters. The minimum atomic E-state index is 0.442. The standard InChI is InChI=1S/C20H32N4O2/c1-15(2)17(4)24(13-18-7-6-10-26-18)14-19-16(3)21-22(5)20(19)23-8-11-25-12-9-23/h6-7,10,15,17H,8-9,11-14H2,1-5H3/t17-/m1/s1. The first kappa shape index (κ1) is 19.0. The Morgan fingerprint density at radius 3 is 2.54 bits per heavy atom. The van der Waals surface area contributed by atoms with Crippen molar-refractivity contribution in [3.8, 4) is 0 Å². The molecular weight excluding hydrogens is 328 g/mol. The van der Waals surface area contributed by atoms with Crippen LogP contribution in [0.25, 0.3) is 0 Å². The number of rotatable bonds is 7. The maximum Gasteiger partial charge on any atom is 0.131 e. The molecule has 1 fully saturated rings. The summed E-state index contributed by atoms with van der Waals surface area (Å²) < 4.78 is 13.2. The molecule has 2 aromatic heterocycles. The summed E-state index contributed by atoms with van der Waals surface area (Å²) in [6, 6.07) is 4.46. The molecule has 0 amide bonds. The molecule has 0 radical (unpaired) electrons. The van der Waals surface area contributed by atoms with Gasteiger partial charge in [0.15, 0.2) is 0 Å².